The molecule has 1 aromatic carbocycles. The zero-order chi connectivity index (χ0) is 10.5. The van der Waals surface area contributed by atoms with Crippen LogP contribution < -0.4 is 0 Å². The molecule has 0 radical (unpaired) electrons. The van der Waals surface area contributed by atoms with Crippen molar-refractivity contribution in [3.63, 3.8) is 0 Å². The Labute approximate surface area is 95.4 Å². The first-order chi connectivity index (χ1) is 7.34. The van der Waals surface area contributed by atoms with Crippen molar-refractivity contribution in [2.75, 3.05) is 0 Å². The van der Waals surface area contributed by atoms with Gasteiger partial charge in [0.15, 0.2) is 0 Å². The normalized spacial score (nSPS) is 18.5. The van der Waals surface area contributed by atoms with E-state index in [1.165, 1.54) is 32.1 Å². The van der Waals surface area contributed by atoms with E-state index in [9.17, 15) is 0 Å². The van der Waals surface area contributed by atoms with Crippen LogP contribution in [0.5, 0.6) is 0 Å². The molecule has 0 bridgehead atoms. The quantitative estimate of drug-likeness (QED) is 0.645. The lowest BCUT2D eigenvalue weighted by atomic mass is 9.96. The van der Waals surface area contributed by atoms with Gasteiger partial charge in [0, 0.05) is 5.02 Å². The van der Waals surface area contributed by atoms with Gasteiger partial charge in [-0.3, -0.25) is 0 Å². The molecule has 1 aliphatic carbocycles. The largest absolute Gasteiger partial charge is 0.185 e. The molecule has 0 atom stereocenters. The third-order valence-electron chi connectivity index (χ3n) is 2.74. The van der Waals surface area contributed by atoms with Crippen molar-refractivity contribution in [1.82, 2.24) is 0 Å². The molecule has 0 heterocycles. The zero-order valence-corrected chi connectivity index (χ0v) is 9.45. The van der Waals surface area contributed by atoms with Crippen LogP contribution in [0.25, 0.3) is 0 Å². The van der Waals surface area contributed by atoms with E-state index >= 15 is 0 Å². The Morgan fingerprint density at radius 2 is 1.67 bits per heavy atom. The number of rotatable bonds is 2. The number of hydrogen-bond donors (Lipinski definition) is 0. The molecule has 0 aliphatic heterocycles. The first-order valence-corrected chi connectivity index (χ1v) is 5.89. The molecule has 80 valence electrons. The Hall–Kier alpha value is -0.890. The lowest BCUT2D eigenvalue weighted by molar-refractivity contribution is 0.432. The molecule has 1 aliphatic rings. The van der Waals surface area contributed by atoms with E-state index < -0.39 is 0 Å². The number of hydrogen-bond acceptors (Lipinski definition) is 2. The molecule has 2 rings (SSSR count). The monoisotopic (exact) mass is 222 g/mol. The second-order valence-electron chi connectivity index (χ2n) is 3.98. The molecular formula is C12H15ClN2. The van der Waals surface area contributed by atoms with Crippen LogP contribution in [0.15, 0.2) is 34.5 Å². The van der Waals surface area contributed by atoms with Gasteiger partial charge in [-0.1, -0.05) is 30.9 Å². The molecule has 3 heteroatoms. The van der Waals surface area contributed by atoms with E-state index in [4.69, 9.17) is 11.6 Å². The summed E-state index contributed by atoms with van der Waals surface area (Å²) >= 11 is 5.79. The fourth-order valence-electron chi connectivity index (χ4n) is 1.85. The summed E-state index contributed by atoms with van der Waals surface area (Å²) in [6, 6.07) is 7.92. The molecule has 1 saturated carbocycles. The van der Waals surface area contributed by atoms with E-state index in [2.05, 4.69) is 10.2 Å². The topological polar surface area (TPSA) is 24.7 Å². The molecule has 0 saturated heterocycles. The number of nitrogens with zero attached hydrogens (tertiary/aromatic N) is 2. The van der Waals surface area contributed by atoms with Gasteiger partial charge in [0.1, 0.15) is 0 Å². The van der Waals surface area contributed by atoms with Crippen molar-refractivity contribution in [2.24, 2.45) is 10.2 Å². The van der Waals surface area contributed by atoms with E-state index in [1.54, 1.807) is 0 Å². The van der Waals surface area contributed by atoms with Crippen LogP contribution >= 0.6 is 11.6 Å². The SMILES string of the molecule is Clc1ccc(N=NC2CCCCC2)cc1. The molecule has 0 amide bonds. The smallest absolute Gasteiger partial charge is 0.0853 e. The van der Waals surface area contributed by atoms with Gasteiger partial charge in [0.25, 0.3) is 0 Å². The molecule has 0 spiro atoms. The Bertz CT molecular complexity index is 326. The van der Waals surface area contributed by atoms with Crippen LogP contribution in [-0.4, -0.2) is 6.04 Å². The highest BCUT2D eigenvalue weighted by molar-refractivity contribution is 6.30. The lowest BCUT2D eigenvalue weighted by Crippen LogP contribution is -2.08. The van der Waals surface area contributed by atoms with Crippen LogP contribution in [0.1, 0.15) is 32.1 Å². The average molecular weight is 223 g/mol. The number of azo groups is 1. The Kier molecular flexibility index (Phi) is 3.73. The molecule has 0 unspecified atom stereocenters. The molecular weight excluding hydrogens is 208 g/mol. The van der Waals surface area contributed by atoms with Crippen molar-refractivity contribution >= 4 is 17.3 Å². The fraction of sp³-hybridized carbons (Fsp3) is 0.500. The first-order valence-electron chi connectivity index (χ1n) is 5.51. The van der Waals surface area contributed by atoms with Gasteiger partial charge in [-0.15, -0.1) is 0 Å². The third kappa shape index (κ3) is 3.31. The van der Waals surface area contributed by atoms with Gasteiger partial charge < -0.3 is 0 Å². The van der Waals surface area contributed by atoms with Gasteiger partial charge in [0.2, 0.25) is 0 Å². The maximum atomic E-state index is 5.79. The minimum absolute atomic E-state index is 0.439. The Morgan fingerprint density at radius 3 is 2.33 bits per heavy atom. The van der Waals surface area contributed by atoms with Crippen molar-refractivity contribution in [3.05, 3.63) is 29.3 Å². The van der Waals surface area contributed by atoms with Crippen LogP contribution in [0.3, 0.4) is 0 Å². The van der Waals surface area contributed by atoms with Crippen molar-refractivity contribution < 1.29 is 0 Å². The average Bonchev–Trinajstić information content (AvgIpc) is 2.30. The summed E-state index contributed by atoms with van der Waals surface area (Å²) in [4.78, 5) is 0. The minimum atomic E-state index is 0.439. The summed E-state index contributed by atoms with van der Waals surface area (Å²) < 4.78 is 0. The number of benzene rings is 1. The van der Waals surface area contributed by atoms with Gasteiger partial charge in [0.05, 0.1) is 11.7 Å². The van der Waals surface area contributed by atoms with Crippen molar-refractivity contribution in [2.45, 2.75) is 38.1 Å². The summed E-state index contributed by atoms with van der Waals surface area (Å²) in [5.74, 6) is 0. The van der Waals surface area contributed by atoms with Crippen LogP contribution in [0.2, 0.25) is 5.02 Å². The minimum Gasteiger partial charge on any atom is -0.185 e. The standard InChI is InChI=1S/C12H15ClN2/c13-10-6-8-12(9-7-10)15-14-11-4-2-1-3-5-11/h6-9,11H,1-5H2. The first kappa shape index (κ1) is 10.6. The summed E-state index contributed by atoms with van der Waals surface area (Å²) in [7, 11) is 0. The maximum Gasteiger partial charge on any atom is 0.0853 e. The zero-order valence-electron chi connectivity index (χ0n) is 8.69. The predicted octanol–water partition coefficient (Wildman–Crippen LogP) is 4.76. The maximum absolute atomic E-state index is 5.79. The highest BCUT2D eigenvalue weighted by Gasteiger charge is 2.11. The Balaban J connectivity index is 1.95. The van der Waals surface area contributed by atoms with Crippen LogP contribution in [-0.2, 0) is 0 Å². The van der Waals surface area contributed by atoms with Gasteiger partial charge in [-0.2, -0.15) is 10.2 Å². The van der Waals surface area contributed by atoms with Crippen LogP contribution in [0, 0.1) is 0 Å². The summed E-state index contributed by atoms with van der Waals surface area (Å²) in [6.45, 7) is 0. The van der Waals surface area contributed by atoms with Gasteiger partial charge in [-0.25, -0.2) is 0 Å². The molecule has 1 fully saturated rings. The molecule has 0 aromatic heterocycles. The number of halogens is 1. The van der Waals surface area contributed by atoms with Gasteiger partial charge >= 0.3 is 0 Å². The van der Waals surface area contributed by atoms with Gasteiger partial charge in [-0.05, 0) is 37.1 Å². The molecule has 15 heavy (non-hydrogen) atoms. The molecule has 1 aromatic rings. The second-order valence-corrected chi connectivity index (χ2v) is 4.42. The third-order valence-corrected chi connectivity index (χ3v) is 2.99. The van der Waals surface area contributed by atoms with E-state index in [0.717, 1.165) is 10.7 Å². The second kappa shape index (κ2) is 5.26. The van der Waals surface area contributed by atoms with E-state index in [0.29, 0.717) is 6.04 Å². The molecule has 2 nitrogen and oxygen atoms in total. The summed E-state index contributed by atoms with van der Waals surface area (Å²) in [5, 5.41) is 9.34. The summed E-state index contributed by atoms with van der Waals surface area (Å²) in [6.07, 6.45) is 6.33. The molecule has 0 N–H and O–H groups in total. The lowest BCUT2D eigenvalue weighted by Gasteiger charge is -2.15. The summed E-state index contributed by atoms with van der Waals surface area (Å²) in [5.41, 5.74) is 0.893. The van der Waals surface area contributed by atoms with E-state index in [1.807, 2.05) is 24.3 Å². The van der Waals surface area contributed by atoms with E-state index in [-0.39, 0.29) is 0 Å². The van der Waals surface area contributed by atoms with Crippen LogP contribution in [0.4, 0.5) is 5.69 Å². The highest BCUT2D eigenvalue weighted by Crippen LogP contribution is 2.23. The van der Waals surface area contributed by atoms with Crippen molar-refractivity contribution in [1.29, 1.82) is 0 Å². The predicted molar refractivity (Wildman–Crippen MR) is 62.8 cm³/mol. The van der Waals surface area contributed by atoms with Crippen molar-refractivity contribution in [3.8, 4) is 0 Å². The Morgan fingerprint density at radius 1 is 1.00 bits per heavy atom. The fourth-order valence-corrected chi connectivity index (χ4v) is 1.98. The highest BCUT2D eigenvalue weighted by atomic mass is 35.5.